The van der Waals surface area contributed by atoms with Gasteiger partial charge in [-0.2, -0.15) is 0 Å². The Morgan fingerprint density at radius 1 is 1.64 bits per heavy atom. The molecule has 0 aromatic heterocycles. The summed E-state index contributed by atoms with van der Waals surface area (Å²) < 4.78 is 4.77. The van der Waals surface area contributed by atoms with Crippen molar-refractivity contribution in [2.75, 3.05) is 6.61 Å². The molecular formula is C7H11NO3. The number of nitrogens with one attached hydrogen (secondary N) is 1. The predicted molar refractivity (Wildman–Crippen MR) is 38.0 cm³/mol. The quantitative estimate of drug-likeness (QED) is 0.561. The van der Waals surface area contributed by atoms with E-state index in [9.17, 15) is 9.59 Å². The van der Waals surface area contributed by atoms with E-state index in [1.54, 1.807) is 6.92 Å². The second-order valence-electron chi connectivity index (χ2n) is 2.65. The average molecular weight is 157 g/mol. The lowest BCUT2D eigenvalue weighted by Gasteiger charge is -2.08. The van der Waals surface area contributed by atoms with E-state index in [0.717, 1.165) is 0 Å². The molecule has 4 heteroatoms. The van der Waals surface area contributed by atoms with Crippen LogP contribution in [0, 0.1) is 0 Å². The highest BCUT2D eigenvalue weighted by Gasteiger charge is 2.34. The van der Waals surface area contributed by atoms with Crippen molar-refractivity contribution >= 4 is 11.7 Å². The molecule has 0 spiro atoms. The highest BCUT2D eigenvalue weighted by molar-refractivity contribution is 5.92. The normalized spacial score (nSPS) is 24.0. The van der Waals surface area contributed by atoms with Gasteiger partial charge in [-0.25, -0.2) is 0 Å². The molecule has 11 heavy (non-hydrogen) atoms. The van der Waals surface area contributed by atoms with Crippen LogP contribution in [0.25, 0.3) is 0 Å². The van der Waals surface area contributed by atoms with Gasteiger partial charge in [-0.1, -0.05) is 0 Å². The van der Waals surface area contributed by atoms with Crippen LogP contribution < -0.4 is 5.32 Å². The first-order chi connectivity index (χ1) is 5.11. The van der Waals surface area contributed by atoms with Crippen LogP contribution in [0.4, 0.5) is 0 Å². The van der Waals surface area contributed by atoms with Crippen molar-refractivity contribution in [3.8, 4) is 0 Å². The van der Waals surface area contributed by atoms with Gasteiger partial charge in [0.1, 0.15) is 6.10 Å². The molecule has 1 heterocycles. The van der Waals surface area contributed by atoms with E-state index in [2.05, 4.69) is 5.32 Å². The highest BCUT2D eigenvalue weighted by Crippen LogP contribution is 2.11. The Morgan fingerprint density at radius 2 is 2.18 bits per heavy atom. The van der Waals surface area contributed by atoms with Gasteiger partial charge in [0.2, 0.25) is 5.91 Å². The Balaban J connectivity index is 2.33. The van der Waals surface area contributed by atoms with Crippen LogP contribution in [0.2, 0.25) is 0 Å². The molecular weight excluding hydrogens is 146 g/mol. The molecule has 4 nitrogen and oxygen atoms in total. The minimum absolute atomic E-state index is 0.0415. The van der Waals surface area contributed by atoms with Gasteiger partial charge in [0.05, 0.1) is 12.6 Å². The molecule has 1 saturated heterocycles. The number of ether oxygens (including phenoxy) is 1. The fraction of sp³-hybridized carbons (Fsp3) is 0.714. The summed E-state index contributed by atoms with van der Waals surface area (Å²) in [5.41, 5.74) is 0. The zero-order valence-electron chi connectivity index (χ0n) is 6.59. The summed E-state index contributed by atoms with van der Waals surface area (Å²) in [6.07, 6.45) is -0.267. The molecule has 62 valence electrons. The summed E-state index contributed by atoms with van der Waals surface area (Å²) in [5.74, 6) is -0.230. The maximum atomic E-state index is 11.1. The molecule has 1 amide bonds. The molecule has 1 unspecified atom stereocenters. The third-order valence-electron chi connectivity index (χ3n) is 1.50. The molecule has 1 fully saturated rings. The van der Waals surface area contributed by atoms with Crippen molar-refractivity contribution < 1.29 is 14.3 Å². The summed E-state index contributed by atoms with van der Waals surface area (Å²) >= 11 is 0. The van der Waals surface area contributed by atoms with Gasteiger partial charge < -0.3 is 10.1 Å². The van der Waals surface area contributed by atoms with Crippen molar-refractivity contribution in [3.05, 3.63) is 0 Å². The average Bonchev–Trinajstić information content (AvgIpc) is 2.65. The number of rotatable bonds is 3. The third kappa shape index (κ3) is 2.31. The molecule has 1 rings (SSSR count). The van der Waals surface area contributed by atoms with Crippen LogP contribution in [0.1, 0.15) is 13.8 Å². The summed E-state index contributed by atoms with van der Waals surface area (Å²) in [7, 11) is 0. The Kier molecular flexibility index (Phi) is 2.24. The smallest absolute Gasteiger partial charge is 0.217 e. The Morgan fingerprint density at radius 3 is 2.55 bits per heavy atom. The van der Waals surface area contributed by atoms with Crippen molar-refractivity contribution in [1.29, 1.82) is 0 Å². The summed E-state index contributed by atoms with van der Waals surface area (Å²) in [4.78, 5) is 21.6. The molecule has 1 aliphatic rings. The molecule has 1 N–H and O–H groups in total. The molecule has 0 saturated carbocycles. The number of carbonyl (C=O) groups is 2. The summed E-state index contributed by atoms with van der Waals surface area (Å²) in [6, 6.07) is -0.417. The van der Waals surface area contributed by atoms with E-state index in [1.807, 2.05) is 0 Å². The molecule has 1 aliphatic heterocycles. The van der Waals surface area contributed by atoms with Gasteiger partial charge >= 0.3 is 0 Å². The molecule has 0 aliphatic carbocycles. The Labute approximate surface area is 64.9 Å². The van der Waals surface area contributed by atoms with Crippen LogP contribution in [0.5, 0.6) is 0 Å². The van der Waals surface area contributed by atoms with Crippen LogP contribution in [0.15, 0.2) is 0 Å². The Bertz CT molecular complexity index is 186. The van der Waals surface area contributed by atoms with Gasteiger partial charge in [-0.15, -0.1) is 0 Å². The second kappa shape index (κ2) is 3.00. The van der Waals surface area contributed by atoms with Gasteiger partial charge in [-0.05, 0) is 6.92 Å². The van der Waals surface area contributed by atoms with Crippen molar-refractivity contribution in [2.24, 2.45) is 0 Å². The predicted octanol–water partition coefficient (Wildman–Crippen LogP) is -0.521. The maximum absolute atomic E-state index is 11.1. The van der Waals surface area contributed by atoms with Crippen LogP contribution in [-0.2, 0) is 14.3 Å². The standard InChI is InChI=1S/C7H11NO3/c1-4(8-5(2)9)7(10)6-3-11-6/h4,6H,3H2,1-2H3,(H,8,9)/t4-,6?/m0/s1. The summed E-state index contributed by atoms with van der Waals surface area (Å²) in [5, 5.41) is 2.50. The van der Waals surface area contributed by atoms with Gasteiger partial charge in [0.15, 0.2) is 5.78 Å². The fourth-order valence-electron chi connectivity index (χ4n) is 0.867. The number of epoxide rings is 1. The fourth-order valence-corrected chi connectivity index (χ4v) is 0.867. The SMILES string of the molecule is CC(=O)N[C@@H](C)C(=O)C1CO1. The van der Waals surface area contributed by atoms with E-state index in [4.69, 9.17) is 4.74 Å². The van der Waals surface area contributed by atoms with E-state index >= 15 is 0 Å². The number of hydrogen-bond donors (Lipinski definition) is 1. The highest BCUT2D eigenvalue weighted by atomic mass is 16.6. The van der Waals surface area contributed by atoms with Gasteiger partial charge in [0.25, 0.3) is 0 Å². The topological polar surface area (TPSA) is 58.7 Å². The number of Topliss-reactive ketones (excluding diaryl/α,β-unsaturated/α-hetero) is 1. The van der Waals surface area contributed by atoms with E-state index in [-0.39, 0.29) is 17.8 Å². The zero-order valence-corrected chi connectivity index (χ0v) is 6.59. The van der Waals surface area contributed by atoms with Crippen molar-refractivity contribution in [2.45, 2.75) is 26.0 Å². The number of hydrogen-bond acceptors (Lipinski definition) is 3. The largest absolute Gasteiger partial charge is 0.365 e. The minimum atomic E-state index is -0.417. The maximum Gasteiger partial charge on any atom is 0.217 e. The van der Waals surface area contributed by atoms with E-state index in [1.165, 1.54) is 6.92 Å². The molecule has 0 aromatic rings. The van der Waals surface area contributed by atoms with Crippen molar-refractivity contribution in [1.82, 2.24) is 5.32 Å². The first-order valence-corrected chi connectivity index (χ1v) is 3.53. The van der Waals surface area contributed by atoms with Crippen LogP contribution in [-0.4, -0.2) is 30.4 Å². The lowest BCUT2D eigenvalue weighted by atomic mass is 10.1. The first kappa shape index (κ1) is 8.20. The lowest BCUT2D eigenvalue weighted by Crippen LogP contribution is -2.39. The van der Waals surface area contributed by atoms with Crippen LogP contribution in [0.3, 0.4) is 0 Å². The van der Waals surface area contributed by atoms with Gasteiger partial charge in [-0.3, -0.25) is 9.59 Å². The lowest BCUT2D eigenvalue weighted by molar-refractivity contribution is -0.127. The minimum Gasteiger partial charge on any atom is -0.365 e. The number of carbonyl (C=O) groups excluding carboxylic acids is 2. The second-order valence-corrected chi connectivity index (χ2v) is 2.65. The monoisotopic (exact) mass is 157 g/mol. The first-order valence-electron chi connectivity index (χ1n) is 3.53. The van der Waals surface area contributed by atoms with Gasteiger partial charge in [0, 0.05) is 6.92 Å². The summed E-state index contributed by atoms with van der Waals surface area (Å²) in [6.45, 7) is 3.55. The molecule has 0 aromatic carbocycles. The van der Waals surface area contributed by atoms with Crippen LogP contribution >= 0.6 is 0 Å². The molecule has 0 radical (unpaired) electrons. The molecule has 2 atom stereocenters. The van der Waals surface area contributed by atoms with E-state index in [0.29, 0.717) is 6.61 Å². The number of amides is 1. The molecule has 0 bridgehead atoms. The zero-order chi connectivity index (χ0) is 8.43. The number of ketones is 1. The Hall–Kier alpha value is -0.900. The van der Waals surface area contributed by atoms with Crippen molar-refractivity contribution in [3.63, 3.8) is 0 Å². The van der Waals surface area contributed by atoms with E-state index < -0.39 is 6.04 Å². The third-order valence-corrected chi connectivity index (χ3v) is 1.50.